The molecule has 3 saturated heterocycles. The summed E-state index contributed by atoms with van der Waals surface area (Å²) in [5.74, 6) is 0.165. The standard InChI is InChI=1S/C21H30ClN3O2/c22-19-6-2-1-5-16(19)14-23-20(26)21-9-3-4-10-25(21)15-18(13-21)24-17-7-11-27-12-8-17/h1-2,5-6,17-18,24H,3-4,7-15H2,(H,23,26)/t18-,21-/m0/s1. The first kappa shape index (κ1) is 19.2. The third kappa shape index (κ3) is 4.16. The number of fused-ring (bicyclic) bond motifs is 1. The van der Waals surface area contributed by atoms with Crippen LogP contribution in [0.1, 0.15) is 44.1 Å². The Morgan fingerprint density at radius 2 is 2.04 bits per heavy atom. The molecule has 1 aromatic rings. The fraction of sp³-hybridized carbons (Fsp3) is 0.667. The average Bonchev–Trinajstić information content (AvgIpc) is 3.07. The van der Waals surface area contributed by atoms with Crippen molar-refractivity contribution in [2.45, 2.75) is 62.7 Å². The maximum Gasteiger partial charge on any atom is 0.240 e. The zero-order valence-electron chi connectivity index (χ0n) is 15.9. The lowest BCUT2D eigenvalue weighted by molar-refractivity contribution is -0.134. The zero-order chi connectivity index (χ0) is 18.7. The van der Waals surface area contributed by atoms with Gasteiger partial charge in [0.25, 0.3) is 0 Å². The molecule has 0 aliphatic carbocycles. The number of halogens is 1. The van der Waals surface area contributed by atoms with Gasteiger partial charge in [0, 0.05) is 43.4 Å². The summed E-state index contributed by atoms with van der Waals surface area (Å²) in [4.78, 5) is 15.7. The summed E-state index contributed by atoms with van der Waals surface area (Å²) in [5, 5.41) is 7.71. The lowest BCUT2D eigenvalue weighted by atomic mass is 9.84. The van der Waals surface area contributed by atoms with Crippen LogP contribution in [0.5, 0.6) is 0 Å². The minimum atomic E-state index is -0.359. The first-order chi connectivity index (χ1) is 13.2. The number of rotatable bonds is 5. The van der Waals surface area contributed by atoms with Gasteiger partial charge in [-0.05, 0) is 56.7 Å². The number of nitrogens with one attached hydrogen (secondary N) is 2. The smallest absolute Gasteiger partial charge is 0.240 e. The summed E-state index contributed by atoms with van der Waals surface area (Å²) in [6.45, 7) is 4.17. The molecule has 3 heterocycles. The summed E-state index contributed by atoms with van der Waals surface area (Å²) in [7, 11) is 0. The number of carbonyl (C=O) groups is 1. The molecule has 0 saturated carbocycles. The Hall–Kier alpha value is -1.14. The van der Waals surface area contributed by atoms with E-state index in [0.717, 1.165) is 64.0 Å². The van der Waals surface area contributed by atoms with Crippen LogP contribution >= 0.6 is 11.6 Å². The van der Waals surface area contributed by atoms with Gasteiger partial charge in [-0.2, -0.15) is 0 Å². The van der Waals surface area contributed by atoms with Gasteiger partial charge in [0.05, 0.1) is 0 Å². The van der Waals surface area contributed by atoms with Crippen molar-refractivity contribution in [1.82, 2.24) is 15.5 Å². The maximum atomic E-state index is 13.3. The SMILES string of the molecule is O=C(NCc1ccccc1Cl)[C@@]12CCCCN1C[C@@H](NC1CCOCC1)C2. The number of amides is 1. The van der Waals surface area contributed by atoms with Crippen molar-refractivity contribution in [3.8, 4) is 0 Å². The highest BCUT2D eigenvalue weighted by atomic mass is 35.5. The van der Waals surface area contributed by atoms with Crippen LogP contribution in [0, 0.1) is 0 Å². The van der Waals surface area contributed by atoms with E-state index in [9.17, 15) is 4.79 Å². The second-order valence-electron chi connectivity index (χ2n) is 8.16. The van der Waals surface area contributed by atoms with Gasteiger partial charge in [0.15, 0.2) is 0 Å². The predicted molar refractivity (Wildman–Crippen MR) is 107 cm³/mol. The van der Waals surface area contributed by atoms with Crippen LogP contribution in [0.4, 0.5) is 0 Å². The molecule has 2 N–H and O–H groups in total. The van der Waals surface area contributed by atoms with Crippen molar-refractivity contribution in [2.24, 2.45) is 0 Å². The van der Waals surface area contributed by atoms with Crippen molar-refractivity contribution in [2.75, 3.05) is 26.3 Å². The minimum absolute atomic E-state index is 0.165. The molecule has 148 valence electrons. The van der Waals surface area contributed by atoms with E-state index in [4.69, 9.17) is 16.3 Å². The summed E-state index contributed by atoms with van der Waals surface area (Å²) >= 11 is 6.25. The van der Waals surface area contributed by atoms with Gasteiger partial charge in [0.2, 0.25) is 5.91 Å². The topological polar surface area (TPSA) is 53.6 Å². The molecule has 2 atom stereocenters. The van der Waals surface area contributed by atoms with E-state index in [2.05, 4.69) is 15.5 Å². The summed E-state index contributed by atoms with van der Waals surface area (Å²) in [5.41, 5.74) is 0.615. The highest BCUT2D eigenvalue weighted by Gasteiger charge is 2.51. The van der Waals surface area contributed by atoms with Crippen LogP contribution in [-0.2, 0) is 16.1 Å². The molecule has 3 aliphatic rings. The van der Waals surface area contributed by atoms with Crippen molar-refractivity contribution < 1.29 is 9.53 Å². The quantitative estimate of drug-likeness (QED) is 0.810. The van der Waals surface area contributed by atoms with E-state index >= 15 is 0 Å². The fourth-order valence-corrected chi connectivity index (χ4v) is 5.17. The second-order valence-corrected chi connectivity index (χ2v) is 8.57. The van der Waals surface area contributed by atoms with E-state index in [1.54, 1.807) is 0 Å². The van der Waals surface area contributed by atoms with E-state index < -0.39 is 0 Å². The zero-order valence-corrected chi connectivity index (χ0v) is 16.6. The van der Waals surface area contributed by atoms with Crippen molar-refractivity contribution in [1.29, 1.82) is 0 Å². The van der Waals surface area contributed by atoms with Gasteiger partial charge in [-0.25, -0.2) is 0 Å². The molecule has 3 fully saturated rings. The molecule has 0 unspecified atom stereocenters. The molecule has 5 nitrogen and oxygen atoms in total. The Bertz CT molecular complexity index is 665. The van der Waals surface area contributed by atoms with Crippen LogP contribution in [-0.4, -0.2) is 54.7 Å². The highest BCUT2D eigenvalue weighted by molar-refractivity contribution is 6.31. The summed E-state index contributed by atoms with van der Waals surface area (Å²) in [6, 6.07) is 8.63. The average molecular weight is 392 g/mol. The molecule has 27 heavy (non-hydrogen) atoms. The molecule has 6 heteroatoms. The molecular weight excluding hydrogens is 362 g/mol. The van der Waals surface area contributed by atoms with Crippen LogP contribution in [0.25, 0.3) is 0 Å². The summed E-state index contributed by atoms with van der Waals surface area (Å²) in [6.07, 6.45) is 6.31. The number of carbonyl (C=O) groups excluding carboxylic acids is 1. The van der Waals surface area contributed by atoms with E-state index in [1.165, 1.54) is 6.42 Å². The Labute approximate surface area is 166 Å². The minimum Gasteiger partial charge on any atom is -0.381 e. The van der Waals surface area contributed by atoms with Crippen LogP contribution in [0.15, 0.2) is 24.3 Å². The molecule has 0 radical (unpaired) electrons. The highest BCUT2D eigenvalue weighted by Crippen LogP contribution is 2.38. The van der Waals surface area contributed by atoms with Gasteiger partial charge < -0.3 is 15.4 Å². The summed E-state index contributed by atoms with van der Waals surface area (Å²) < 4.78 is 5.48. The van der Waals surface area contributed by atoms with Crippen molar-refractivity contribution in [3.05, 3.63) is 34.9 Å². The number of nitrogens with zero attached hydrogens (tertiary/aromatic N) is 1. The van der Waals surface area contributed by atoms with Gasteiger partial charge in [-0.3, -0.25) is 9.69 Å². The lowest BCUT2D eigenvalue weighted by Crippen LogP contribution is -2.57. The Morgan fingerprint density at radius 3 is 2.85 bits per heavy atom. The number of benzene rings is 1. The number of hydrogen-bond acceptors (Lipinski definition) is 4. The number of piperidine rings is 1. The van der Waals surface area contributed by atoms with Crippen LogP contribution in [0.2, 0.25) is 5.02 Å². The third-order valence-electron chi connectivity index (χ3n) is 6.41. The largest absolute Gasteiger partial charge is 0.381 e. The first-order valence-electron chi connectivity index (χ1n) is 10.3. The maximum absolute atomic E-state index is 13.3. The first-order valence-corrected chi connectivity index (χ1v) is 10.7. The van der Waals surface area contributed by atoms with Gasteiger partial charge >= 0.3 is 0 Å². The monoisotopic (exact) mass is 391 g/mol. The van der Waals surface area contributed by atoms with E-state index in [-0.39, 0.29) is 11.4 Å². The van der Waals surface area contributed by atoms with Crippen LogP contribution < -0.4 is 10.6 Å². The molecule has 3 aliphatic heterocycles. The third-order valence-corrected chi connectivity index (χ3v) is 6.78. The molecule has 1 aromatic carbocycles. The predicted octanol–water partition coefficient (Wildman–Crippen LogP) is 2.72. The van der Waals surface area contributed by atoms with Crippen molar-refractivity contribution >= 4 is 17.5 Å². The fourth-order valence-electron chi connectivity index (χ4n) is 4.97. The second kappa shape index (κ2) is 8.48. The Morgan fingerprint density at radius 1 is 1.22 bits per heavy atom. The van der Waals surface area contributed by atoms with Crippen molar-refractivity contribution in [3.63, 3.8) is 0 Å². The van der Waals surface area contributed by atoms with Gasteiger partial charge in [-0.1, -0.05) is 29.8 Å². The lowest BCUT2D eigenvalue weighted by Gasteiger charge is -2.40. The molecule has 0 aromatic heterocycles. The Kier molecular flexibility index (Phi) is 6.02. The molecule has 1 amide bonds. The van der Waals surface area contributed by atoms with Crippen LogP contribution in [0.3, 0.4) is 0 Å². The number of hydrogen-bond donors (Lipinski definition) is 2. The molecule has 0 bridgehead atoms. The number of ether oxygens (including phenoxy) is 1. The van der Waals surface area contributed by atoms with E-state index in [1.807, 2.05) is 24.3 Å². The molecule has 0 spiro atoms. The normalized spacial score (nSPS) is 29.4. The molecule has 4 rings (SSSR count). The van der Waals surface area contributed by atoms with Gasteiger partial charge in [0.1, 0.15) is 5.54 Å². The van der Waals surface area contributed by atoms with E-state index in [0.29, 0.717) is 23.7 Å². The molecular formula is C21H30ClN3O2. The Balaban J connectivity index is 1.41. The van der Waals surface area contributed by atoms with Gasteiger partial charge in [-0.15, -0.1) is 0 Å².